The number of terminal acetylenes is 1. The number of anilines is 2. The summed E-state index contributed by atoms with van der Waals surface area (Å²) in [7, 11) is 0. The number of carbonyl (C=O) groups is 1. The van der Waals surface area contributed by atoms with Gasteiger partial charge in [-0.15, -0.1) is 6.42 Å². The zero-order valence-electron chi connectivity index (χ0n) is 14.9. The number of hydrogen-bond acceptors (Lipinski definition) is 3. The first-order chi connectivity index (χ1) is 13.3. The Morgan fingerprint density at radius 3 is 2.64 bits per heavy atom. The lowest BCUT2D eigenvalue weighted by Crippen LogP contribution is -2.27. The number of hydroxylamine groups is 1. The van der Waals surface area contributed by atoms with Crippen molar-refractivity contribution in [2.24, 2.45) is 5.92 Å². The van der Waals surface area contributed by atoms with Crippen molar-refractivity contribution in [3.8, 4) is 12.3 Å². The maximum atomic E-state index is 14.6. The first kappa shape index (κ1) is 20.1. The molecule has 28 heavy (non-hydrogen) atoms. The number of aryl methyl sites for hydroxylation is 1. The molecule has 146 valence electrons. The Labute approximate surface area is 165 Å². The number of hydrogen-bond donors (Lipinski definition) is 1. The predicted octanol–water partition coefficient (Wildman–Crippen LogP) is 4.76. The molecular weight excluding hydrogens is 393 g/mol. The van der Waals surface area contributed by atoms with E-state index < -0.39 is 34.6 Å². The fourth-order valence-corrected chi connectivity index (χ4v) is 2.96. The monoisotopic (exact) mass is 408 g/mol. The molecule has 0 spiro atoms. The van der Waals surface area contributed by atoms with Crippen LogP contribution in [0.2, 0.25) is 0 Å². The second-order valence-corrected chi connectivity index (χ2v) is 6.83. The summed E-state index contributed by atoms with van der Waals surface area (Å²) in [6.45, 7) is 1.94. The molecule has 0 heterocycles. The van der Waals surface area contributed by atoms with Crippen molar-refractivity contribution in [3.63, 3.8) is 0 Å². The smallest absolute Gasteiger partial charge is 0.273 e. The van der Waals surface area contributed by atoms with Crippen molar-refractivity contribution >= 4 is 29.1 Å². The van der Waals surface area contributed by atoms with Gasteiger partial charge in [-0.3, -0.25) is 9.63 Å². The minimum atomic E-state index is -1.74. The minimum Gasteiger partial charge on any atom is -0.273 e. The van der Waals surface area contributed by atoms with Crippen molar-refractivity contribution in [3.05, 3.63) is 58.4 Å². The van der Waals surface area contributed by atoms with Crippen LogP contribution in [0.4, 0.5) is 24.5 Å². The van der Waals surface area contributed by atoms with E-state index in [-0.39, 0.29) is 12.3 Å². The molecule has 0 saturated heterocycles. The number of nitrogens with one attached hydrogen (secondary N) is 1. The van der Waals surface area contributed by atoms with Gasteiger partial charge in [0.05, 0.1) is 17.9 Å². The molecule has 1 aliphatic rings. The number of nitrogens with zero attached hydrogens (tertiary/aromatic N) is 1. The number of halogens is 4. The molecule has 0 radical (unpaired) electrons. The SMILES string of the molecule is C#Cc1ccc(N(Cl)c2c(C(=O)NOCC3CC3)cc(F)c(F)c2F)c(C)c1. The van der Waals surface area contributed by atoms with Gasteiger partial charge in [-0.2, -0.15) is 0 Å². The summed E-state index contributed by atoms with van der Waals surface area (Å²) in [6, 6.07) is 5.22. The summed E-state index contributed by atoms with van der Waals surface area (Å²) in [5, 5.41) is 0. The summed E-state index contributed by atoms with van der Waals surface area (Å²) in [4.78, 5) is 17.5. The maximum absolute atomic E-state index is 14.6. The lowest BCUT2D eigenvalue weighted by Gasteiger charge is -2.22. The van der Waals surface area contributed by atoms with Crippen LogP contribution in [0.1, 0.15) is 34.3 Å². The molecule has 0 aromatic heterocycles. The molecule has 3 rings (SSSR count). The quantitative estimate of drug-likeness (QED) is 0.324. The topological polar surface area (TPSA) is 41.6 Å². The fraction of sp³-hybridized carbons (Fsp3) is 0.250. The summed E-state index contributed by atoms with van der Waals surface area (Å²) in [5.74, 6) is -3.01. The molecule has 1 aliphatic carbocycles. The molecule has 2 aromatic carbocycles. The van der Waals surface area contributed by atoms with Gasteiger partial charge in [0, 0.05) is 17.3 Å². The van der Waals surface area contributed by atoms with Gasteiger partial charge in [-0.05, 0) is 55.5 Å². The molecule has 0 aliphatic heterocycles. The van der Waals surface area contributed by atoms with Crippen molar-refractivity contribution in [2.45, 2.75) is 19.8 Å². The predicted molar refractivity (Wildman–Crippen MR) is 99.6 cm³/mol. The van der Waals surface area contributed by atoms with Crippen LogP contribution in [0, 0.1) is 42.6 Å². The van der Waals surface area contributed by atoms with Crippen LogP contribution in [0.25, 0.3) is 0 Å². The third kappa shape index (κ3) is 4.08. The minimum absolute atomic E-state index is 0.249. The van der Waals surface area contributed by atoms with E-state index in [4.69, 9.17) is 23.0 Å². The van der Waals surface area contributed by atoms with Gasteiger partial charge in [0.25, 0.3) is 5.91 Å². The molecular formula is C20H16ClF3N2O2. The van der Waals surface area contributed by atoms with Gasteiger partial charge in [0.15, 0.2) is 17.5 Å². The van der Waals surface area contributed by atoms with Crippen LogP contribution in [-0.4, -0.2) is 12.5 Å². The Hall–Kier alpha value is -2.69. The van der Waals surface area contributed by atoms with Gasteiger partial charge >= 0.3 is 0 Å². The maximum Gasteiger partial charge on any atom is 0.277 e. The number of amides is 1. The number of benzene rings is 2. The molecule has 0 bridgehead atoms. The number of carbonyl (C=O) groups excluding carboxylic acids is 1. The molecule has 0 atom stereocenters. The lowest BCUT2D eigenvalue weighted by molar-refractivity contribution is 0.0270. The molecule has 8 heteroatoms. The highest BCUT2D eigenvalue weighted by molar-refractivity contribution is 6.30. The van der Waals surface area contributed by atoms with Gasteiger partial charge in [-0.1, -0.05) is 5.92 Å². The second-order valence-electron chi connectivity index (χ2n) is 6.49. The highest BCUT2D eigenvalue weighted by atomic mass is 35.5. The van der Waals surface area contributed by atoms with Gasteiger partial charge < -0.3 is 0 Å². The standard InChI is InChI=1S/C20H16ClF3N2O2/c1-3-12-6-7-16(11(2)8-12)26(21)19-14(9-15(22)17(23)18(19)24)20(27)25-28-10-13-4-5-13/h1,6-9,13H,4-5,10H2,2H3,(H,25,27). The summed E-state index contributed by atoms with van der Waals surface area (Å²) < 4.78 is 43.0. The van der Waals surface area contributed by atoms with Crippen LogP contribution in [0.3, 0.4) is 0 Å². The normalized spacial score (nSPS) is 13.1. The van der Waals surface area contributed by atoms with E-state index in [1.807, 2.05) is 0 Å². The molecule has 2 aromatic rings. The van der Waals surface area contributed by atoms with E-state index in [2.05, 4.69) is 11.4 Å². The lowest BCUT2D eigenvalue weighted by atomic mass is 10.1. The Morgan fingerprint density at radius 2 is 2.04 bits per heavy atom. The van der Waals surface area contributed by atoms with Gasteiger partial charge in [0.1, 0.15) is 5.69 Å². The average Bonchev–Trinajstić information content (AvgIpc) is 3.49. The van der Waals surface area contributed by atoms with E-state index in [0.717, 1.165) is 17.3 Å². The second kappa shape index (κ2) is 8.13. The summed E-state index contributed by atoms with van der Waals surface area (Å²) in [6.07, 6.45) is 7.32. The van der Waals surface area contributed by atoms with E-state index in [0.29, 0.717) is 23.1 Å². The Bertz CT molecular complexity index is 971. The van der Waals surface area contributed by atoms with Crippen LogP contribution in [0.15, 0.2) is 24.3 Å². The molecule has 1 fully saturated rings. The summed E-state index contributed by atoms with van der Waals surface area (Å²) >= 11 is 6.24. The van der Waals surface area contributed by atoms with Crippen LogP contribution < -0.4 is 9.90 Å². The first-order valence-electron chi connectivity index (χ1n) is 8.46. The third-order valence-corrected chi connectivity index (χ3v) is 4.68. The van der Waals surface area contributed by atoms with E-state index >= 15 is 0 Å². The van der Waals surface area contributed by atoms with Crippen molar-refractivity contribution in [1.29, 1.82) is 0 Å². The molecule has 1 saturated carbocycles. The average molecular weight is 409 g/mol. The van der Waals surface area contributed by atoms with Crippen molar-refractivity contribution in [2.75, 3.05) is 11.0 Å². The highest BCUT2D eigenvalue weighted by Gasteiger charge is 2.28. The van der Waals surface area contributed by atoms with Gasteiger partial charge in [0.2, 0.25) is 0 Å². The van der Waals surface area contributed by atoms with E-state index in [1.54, 1.807) is 19.1 Å². The molecule has 1 amide bonds. The van der Waals surface area contributed by atoms with Crippen molar-refractivity contribution in [1.82, 2.24) is 5.48 Å². The van der Waals surface area contributed by atoms with Crippen LogP contribution in [-0.2, 0) is 4.84 Å². The van der Waals surface area contributed by atoms with E-state index in [9.17, 15) is 18.0 Å². The Kier molecular flexibility index (Phi) is 5.82. The molecule has 0 unspecified atom stereocenters. The van der Waals surface area contributed by atoms with Crippen molar-refractivity contribution < 1.29 is 22.8 Å². The zero-order valence-corrected chi connectivity index (χ0v) is 15.6. The van der Waals surface area contributed by atoms with Gasteiger partial charge in [-0.25, -0.2) is 23.1 Å². The fourth-order valence-electron chi connectivity index (χ4n) is 2.60. The number of rotatable bonds is 6. The van der Waals surface area contributed by atoms with Crippen LogP contribution in [0.5, 0.6) is 0 Å². The third-order valence-electron chi connectivity index (χ3n) is 4.33. The zero-order chi connectivity index (χ0) is 20.4. The Balaban J connectivity index is 1.99. The highest BCUT2D eigenvalue weighted by Crippen LogP contribution is 2.37. The molecule has 1 N–H and O–H groups in total. The van der Waals surface area contributed by atoms with E-state index in [1.165, 1.54) is 6.07 Å². The largest absolute Gasteiger partial charge is 0.277 e. The first-order valence-corrected chi connectivity index (χ1v) is 8.80. The Morgan fingerprint density at radius 1 is 1.32 bits per heavy atom. The summed E-state index contributed by atoms with van der Waals surface area (Å²) in [5.41, 5.74) is 2.33. The molecule has 4 nitrogen and oxygen atoms in total. The van der Waals surface area contributed by atoms with Crippen LogP contribution >= 0.6 is 11.8 Å².